The van der Waals surface area contributed by atoms with Crippen molar-refractivity contribution in [2.24, 2.45) is 11.8 Å². The van der Waals surface area contributed by atoms with Gasteiger partial charge in [-0.2, -0.15) is 0 Å². The summed E-state index contributed by atoms with van der Waals surface area (Å²) >= 11 is 0. The molecule has 1 unspecified atom stereocenters. The zero-order valence-electron chi connectivity index (χ0n) is 10.2. The molecule has 0 aromatic rings. The Balaban J connectivity index is 2.30. The van der Waals surface area contributed by atoms with Gasteiger partial charge in [-0.05, 0) is 11.8 Å². The van der Waals surface area contributed by atoms with Gasteiger partial charge in [0.2, 0.25) is 0 Å². The van der Waals surface area contributed by atoms with E-state index in [4.69, 9.17) is 0 Å². The van der Waals surface area contributed by atoms with Crippen LogP contribution in [-0.2, 0) is 0 Å². The molecular weight excluding hydrogens is 168 g/mol. The van der Waals surface area contributed by atoms with Crippen LogP contribution in [0.3, 0.4) is 0 Å². The van der Waals surface area contributed by atoms with Crippen LogP contribution in [0.25, 0.3) is 0 Å². The molecule has 14 heavy (non-hydrogen) atoms. The van der Waals surface area contributed by atoms with Crippen molar-refractivity contribution >= 4 is 0 Å². The maximum atomic E-state index is 2.35. The lowest BCUT2D eigenvalue weighted by molar-refractivity contribution is 0.219. The summed E-state index contributed by atoms with van der Waals surface area (Å²) in [5, 5.41) is 0. The summed E-state index contributed by atoms with van der Waals surface area (Å²) in [6, 6.07) is 0. The van der Waals surface area contributed by atoms with Crippen molar-refractivity contribution in [2.75, 3.05) is 0 Å². The van der Waals surface area contributed by atoms with Gasteiger partial charge < -0.3 is 0 Å². The van der Waals surface area contributed by atoms with Crippen LogP contribution in [0.5, 0.6) is 0 Å². The predicted octanol–water partition coefficient (Wildman–Crippen LogP) is 5.17. The topological polar surface area (TPSA) is 0 Å². The van der Waals surface area contributed by atoms with Gasteiger partial charge in [-0.1, -0.05) is 78.1 Å². The van der Waals surface area contributed by atoms with Gasteiger partial charge in [-0.25, -0.2) is 0 Å². The van der Waals surface area contributed by atoms with E-state index in [1.54, 1.807) is 0 Å². The summed E-state index contributed by atoms with van der Waals surface area (Å²) in [4.78, 5) is 0. The van der Waals surface area contributed by atoms with Crippen molar-refractivity contribution in [2.45, 2.75) is 78.1 Å². The van der Waals surface area contributed by atoms with Crippen LogP contribution in [0.2, 0.25) is 0 Å². The van der Waals surface area contributed by atoms with Crippen LogP contribution in [0.4, 0.5) is 0 Å². The van der Waals surface area contributed by atoms with E-state index in [1.165, 1.54) is 64.2 Å². The highest BCUT2D eigenvalue weighted by molar-refractivity contribution is 4.73. The zero-order chi connectivity index (χ0) is 10.2. The molecule has 0 bridgehead atoms. The minimum Gasteiger partial charge on any atom is -0.0654 e. The second-order valence-electron chi connectivity index (χ2n) is 5.09. The van der Waals surface area contributed by atoms with E-state index in [9.17, 15) is 0 Å². The summed E-state index contributed by atoms with van der Waals surface area (Å²) in [7, 11) is 0. The third-order valence-electron chi connectivity index (χ3n) is 3.90. The first kappa shape index (κ1) is 12.1. The summed E-state index contributed by atoms with van der Waals surface area (Å²) in [6.07, 6.45) is 14.8. The van der Waals surface area contributed by atoms with Gasteiger partial charge in [0.05, 0.1) is 0 Å². The first-order chi connectivity index (χ1) is 6.88. The van der Waals surface area contributed by atoms with Crippen molar-refractivity contribution in [3.63, 3.8) is 0 Å². The molecule has 0 heterocycles. The summed E-state index contributed by atoms with van der Waals surface area (Å²) in [6.45, 7) is 4.67. The Labute approximate surface area is 90.5 Å². The normalized spacial score (nSPS) is 21.0. The molecule has 1 aliphatic rings. The highest BCUT2D eigenvalue weighted by Gasteiger charge is 2.22. The van der Waals surface area contributed by atoms with Gasteiger partial charge in [0.1, 0.15) is 0 Å². The molecule has 0 aromatic carbocycles. The van der Waals surface area contributed by atoms with Crippen LogP contribution in [0, 0.1) is 11.8 Å². The maximum Gasteiger partial charge on any atom is -0.0386 e. The Morgan fingerprint density at radius 3 is 2.21 bits per heavy atom. The van der Waals surface area contributed by atoms with Crippen LogP contribution < -0.4 is 0 Å². The highest BCUT2D eigenvalue weighted by atomic mass is 14.3. The second kappa shape index (κ2) is 7.31. The Kier molecular flexibility index (Phi) is 6.31. The minimum atomic E-state index is 1.07. The molecule has 1 aliphatic carbocycles. The second-order valence-corrected chi connectivity index (χ2v) is 5.09. The first-order valence-corrected chi connectivity index (χ1v) is 6.88. The molecule has 0 aliphatic heterocycles. The predicted molar refractivity (Wildman–Crippen MR) is 64.5 cm³/mol. The van der Waals surface area contributed by atoms with Crippen LogP contribution in [0.1, 0.15) is 78.1 Å². The lowest BCUT2D eigenvalue weighted by Gasteiger charge is -2.30. The third kappa shape index (κ3) is 4.02. The number of hydrogen-bond acceptors (Lipinski definition) is 0. The van der Waals surface area contributed by atoms with E-state index >= 15 is 0 Å². The van der Waals surface area contributed by atoms with Gasteiger partial charge in [-0.15, -0.1) is 0 Å². The lowest BCUT2D eigenvalue weighted by Crippen LogP contribution is -2.17. The van der Waals surface area contributed by atoms with Gasteiger partial charge in [0, 0.05) is 0 Å². The molecule has 1 saturated carbocycles. The van der Waals surface area contributed by atoms with Crippen LogP contribution in [-0.4, -0.2) is 0 Å². The molecule has 0 heteroatoms. The van der Waals surface area contributed by atoms with Gasteiger partial charge >= 0.3 is 0 Å². The van der Waals surface area contributed by atoms with Gasteiger partial charge in [-0.3, -0.25) is 0 Å². The molecule has 0 nitrogen and oxygen atoms in total. The molecule has 0 saturated heterocycles. The first-order valence-electron chi connectivity index (χ1n) is 6.88. The number of rotatable bonds is 6. The molecular formula is C14H28. The quantitative estimate of drug-likeness (QED) is 0.549. The monoisotopic (exact) mass is 196 g/mol. The smallest absolute Gasteiger partial charge is 0.0386 e. The molecule has 1 rings (SSSR count). The molecule has 0 spiro atoms. The fraction of sp³-hybridized carbons (Fsp3) is 1.00. The van der Waals surface area contributed by atoms with Gasteiger partial charge in [0.15, 0.2) is 0 Å². The minimum absolute atomic E-state index is 1.07. The average Bonchev–Trinajstić information content (AvgIpc) is 2.25. The van der Waals surface area contributed by atoms with E-state index in [2.05, 4.69) is 13.8 Å². The van der Waals surface area contributed by atoms with Crippen molar-refractivity contribution in [3.8, 4) is 0 Å². The molecule has 1 atom stereocenters. The lowest BCUT2D eigenvalue weighted by atomic mass is 9.76. The molecule has 1 fully saturated rings. The number of unbranched alkanes of at least 4 members (excludes halogenated alkanes) is 1. The van der Waals surface area contributed by atoms with Crippen molar-refractivity contribution < 1.29 is 0 Å². The molecule has 0 amide bonds. The highest BCUT2D eigenvalue weighted by Crippen LogP contribution is 2.35. The fourth-order valence-electron chi connectivity index (χ4n) is 3.06. The Hall–Kier alpha value is 0. The molecule has 84 valence electrons. The summed E-state index contributed by atoms with van der Waals surface area (Å²) in [5.74, 6) is 2.16. The summed E-state index contributed by atoms with van der Waals surface area (Å²) in [5.41, 5.74) is 0. The standard InChI is InChI=1S/C14H28/c1-3-5-10-13(9-4-2)14-11-7-6-8-12-14/h13-14H,3-12H2,1-2H3. The SMILES string of the molecule is CCCCC(CCC)C1CCCCC1. The largest absolute Gasteiger partial charge is 0.0654 e. The van der Waals surface area contributed by atoms with Gasteiger partial charge in [0.25, 0.3) is 0 Å². The molecule has 0 aromatic heterocycles. The Bertz CT molecular complexity index is 122. The fourth-order valence-corrected chi connectivity index (χ4v) is 3.06. The van der Waals surface area contributed by atoms with E-state index in [-0.39, 0.29) is 0 Å². The Morgan fingerprint density at radius 2 is 1.64 bits per heavy atom. The van der Waals surface area contributed by atoms with E-state index in [0.29, 0.717) is 0 Å². The van der Waals surface area contributed by atoms with Crippen LogP contribution in [0.15, 0.2) is 0 Å². The zero-order valence-corrected chi connectivity index (χ0v) is 10.2. The Morgan fingerprint density at radius 1 is 0.929 bits per heavy atom. The van der Waals surface area contributed by atoms with Crippen molar-refractivity contribution in [1.82, 2.24) is 0 Å². The van der Waals surface area contributed by atoms with Crippen molar-refractivity contribution in [3.05, 3.63) is 0 Å². The van der Waals surface area contributed by atoms with E-state index < -0.39 is 0 Å². The molecule has 0 radical (unpaired) electrons. The summed E-state index contributed by atoms with van der Waals surface area (Å²) < 4.78 is 0. The number of hydrogen-bond donors (Lipinski definition) is 0. The molecule has 0 N–H and O–H groups in total. The maximum absolute atomic E-state index is 2.35. The van der Waals surface area contributed by atoms with E-state index in [1.807, 2.05) is 0 Å². The van der Waals surface area contributed by atoms with E-state index in [0.717, 1.165) is 11.8 Å². The van der Waals surface area contributed by atoms with Crippen LogP contribution >= 0.6 is 0 Å². The third-order valence-corrected chi connectivity index (χ3v) is 3.90. The average molecular weight is 196 g/mol. The van der Waals surface area contributed by atoms with Crippen molar-refractivity contribution in [1.29, 1.82) is 0 Å².